The summed E-state index contributed by atoms with van der Waals surface area (Å²) in [6.07, 6.45) is 10.9. The van der Waals surface area contributed by atoms with Gasteiger partial charge in [0.15, 0.2) is 0 Å². The number of unbranched alkanes of at least 4 members (excludes halogenated alkanes) is 5. The second kappa shape index (κ2) is 14.0. The molecule has 0 atom stereocenters. The number of hydrogen-bond donors (Lipinski definition) is 0. The van der Waals surface area contributed by atoms with Gasteiger partial charge >= 0.3 is 7.12 Å². The van der Waals surface area contributed by atoms with Gasteiger partial charge in [0.1, 0.15) is 0 Å². The highest BCUT2D eigenvalue weighted by atomic mass is 16.6. The molecule has 17 heavy (non-hydrogen) atoms. The Bertz CT molecular complexity index is 132. The quantitative estimate of drug-likeness (QED) is 0.344. The van der Waals surface area contributed by atoms with Gasteiger partial charge in [-0.15, -0.1) is 0 Å². The summed E-state index contributed by atoms with van der Waals surface area (Å²) in [5, 5.41) is 0. The zero-order valence-electron chi connectivity index (χ0n) is 12.2. The third kappa shape index (κ3) is 12.2. The van der Waals surface area contributed by atoms with Crippen molar-refractivity contribution in [1.29, 1.82) is 0 Å². The zero-order chi connectivity index (χ0) is 12.8. The van der Waals surface area contributed by atoms with Crippen molar-refractivity contribution in [2.24, 2.45) is 0 Å². The van der Waals surface area contributed by atoms with E-state index >= 15 is 0 Å². The summed E-state index contributed by atoms with van der Waals surface area (Å²) in [4.78, 5) is 0. The lowest BCUT2D eigenvalue weighted by Crippen LogP contribution is -2.24. The van der Waals surface area contributed by atoms with Crippen LogP contribution in [0.5, 0.6) is 0 Å². The molecule has 0 radical (unpaired) electrons. The van der Waals surface area contributed by atoms with Crippen LogP contribution in [-0.4, -0.2) is 20.3 Å². The molecule has 0 saturated carbocycles. The van der Waals surface area contributed by atoms with Gasteiger partial charge in [-0.25, -0.2) is 0 Å². The molecule has 0 heterocycles. The van der Waals surface area contributed by atoms with E-state index in [-0.39, 0.29) is 7.12 Å². The van der Waals surface area contributed by atoms with E-state index in [4.69, 9.17) is 9.31 Å². The lowest BCUT2D eigenvalue weighted by atomic mass is 9.81. The Morgan fingerprint density at radius 3 is 1.65 bits per heavy atom. The Morgan fingerprint density at radius 2 is 1.18 bits per heavy atom. The summed E-state index contributed by atoms with van der Waals surface area (Å²) in [5.74, 6) is 0. The summed E-state index contributed by atoms with van der Waals surface area (Å²) < 4.78 is 11.6. The van der Waals surface area contributed by atoms with Crippen molar-refractivity contribution in [1.82, 2.24) is 0 Å². The predicted molar refractivity (Wildman–Crippen MR) is 76.4 cm³/mol. The Morgan fingerprint density at radius 1 is 0.647 bits per heavy atom. The average molecular weight is 242 g/mol. The fourth-order valence-electron chi connectivity index (χ4n) is 1.67. The molecule has 0 aromatic rings. The van der Waals surface area contributed by atoms with E-state index in [1.807, 2.05) is 0 Å². The largest absolute Gasteiger partial charge is 0.456 e. The zero-order valence-corrected chi connectivity index (χ0v) is 12.2. The van der Waals surface area contributed by atoms with Crippen LogP contribution < -0.4 is 0 Å². The highest BCUT2D eigenvalue weighted by Gasteiger charge is 2.16. The van der Waals surface area contributed by atoms with Crippen LogP contribution in [0.3, 0.4) is 0 Å². The van der Waals surface area contributed by atoms with Crippen molar-refractivity contribution in [2.75, 3.05) is 13.2 Å². The lowest BCUT2D eigenvalue weighted by Gasteiger charge is -2.14. The summed E-state index contributed by atoms with van der Waals surface area (Å²) >= 11 is 0. The minimum atomic E-state index is 0.0463. The molecule has 2 nitrogen and oxygen atoms in total. The standard InChI is InChI=1S/C14H31BO2/c1-4-7-10-11-12-15(16-13-8-5-2)17-14-9-6-3/h4-14H2,1-3H3. The number of hydrogen-bond acceptors (Lipinski definition) is 2. The average Bonchev–Trinajstić information content (AvgIpc) is 2.34. The molecule has 0 aliphatic rings. The maximum atomic E-state index is 5.79. The molecule has 102 valence electrons. The molecule has 0 fully saturated rings. The van der Waals surface area contributed by atoms with Gasteiger partial charge in [-0.1, -0.05) is 59.3 Å². The van der Waals surface area contributed by atoms with Crippen LogP contribution in [0.1, 0.15) is 72.1 Å². The molecule has 0 N–H and O–H groups in total. The third-order valence-electron chi connectivity index (χ3n) is 2.90. The van der Waals surface area contributed by atoms with E-state index in [0.29, 0.717) is 0 Å². The van der Waals surface area contributed by atoms with E-state index in [9.17, 15) is 0 Å². The van der Waals surface area contributed by atoms with Crippen LogP contribution in [0.15, 0.2) is 0 Å². The Balaban J connectivity index is 3.60. The van der Waals surface area contributed by atoms with Gasteiger partial charge in [-0.05, 0) is 19.2 Å². The van der Waals surface area contributed by atoms with Gasteiger partial charge in [0, 0.05) is 13.2 Å². The molecular formula is C14H31BO2. The van der Waals surface area contributed by atoms with Crippen LogP contribution in [0, 0.1) is 0 Å². The Labute approximate surface area is 109 Å². The highest BCUT2D eigenvalue weighted by molar-refractivity contribution is 6.44. The minimum absolute atomic E-state index is 0.0463. The van der Waals surface area contributed by atoms with Crippen molar-refractivity contribution in [3.8, 4) is 0 Å². The first-order chi connectivity index (χ1) is 8.35. The van der Waals surface area contributed by atoms with Gasteiger partial charge in [0.2, 0.25) is 0 Å². The summed E-state index contributed by atoms with van der Waals surface area (Å²) in [7, 11) is 0.0463. The molecule has 3 heteroatoms. The maximum Gasteiger partial charge on any atom is 0.456 e. The fourth-order valence-corrected chi connectivity index (χ4v) is 1.67. The Hall–Kier alpha value is -0.0151. The SMILES string of the molecule is CCCCCCB(OCCCC)OCCCC. The molecule has 0 saturated heterocycles. The van der Waals surface area contributed by atoms with Crippen LogP contribution in [0.25, 0.3) is 0 Å². The molecule has 0 spiro atoms. The van der Waals surface area contributed by atoms with E-state index in [1.165, 1.54) is 38.5 Å². The normalized spacial score (nSPS) is 10.8. The smallest absolute Gasteiger partial charge is 0.411 e. The Kier molecular flexibility index (Phi) is 14.0. The summed E-state index contributed by atoms with van der Waals surface area (Å²) in [6, 6.07) is 0. The molecule has 0 rings (SSSR count). The van der Waals surface area contributed by atoms with E-state index in [0.717, 1.165) is 32.4 Å². The van der Waals surface area contributed by atoms with Crippen molar-refractivity contribution >= 4 is 7.12 Å². The second-order valence-electron chi connectivity index (χ2n) is 4.73. The monoisotopic (exact) mass is 242 g/mol. The molecule has 0 bridgehead atoms. The van der Waals surface area contributed by atoms with Crippen LogP contribution >= 0.6 is 0 Å². The first-order valence-corrected chi connectivity index (χ1v) is 7.58. The molecule has 0 amide bonds. The molecule has 0 aromatic heterocycles. The first kappa shape index (κ1) is 17.0. The van der Waals surface area contributed by atoms with Gasteiger partial charge in [0.05, 0.1) is 0 Å². The van der Waals surface area contributed by atoms with Crippen molar-refractivity contribution in [2.45, 2.75) is 78.5 Å². The van der Waals surface area contributed by atoms with E-state index < -0.39 is 0 Å². The van der Waals surface area contributed by atoms with Gasteiger partial charge in [-0.3, -0.25) is 0 Å². The van der Waals surface area contributed by atoms with Crippen molar-refractivity contribution in [3.05, 3.63) is 0 Å². The van der Waals surface area contributed by atoms with Crippen LogP contribution in [-0.2, 0) is 9.31 Å². The topological polar surface area (TPSA) is 18.5 Å². The molecule has 0 aliphatic heterocycles. The third-order valence-corrected chi connectivity index (χ3v) is 2.90. The van der Waals surface area contributed by atoms with Crippen molar-refractivity contribution < 1.29 is 9.31 Å². The lowest BCUT2D eigenvalue weighted by molar-refractivity contribution is 0.190. The molecule has 0 aliphatic carbocycles. The molecule has 0 unspecified atom stereocenters. The van der Waals surface area contributed by atoms with Crippen LogP contribution in [0.2, 0.25) is 6.32 Å². The maximum absolute atomic E-state index is 5.79. The minimum Gasteiger partial charge on any atom is -0.411 e. The predicted octanol–water partition coefficient (Wildman–Crippen LogP) is 4.69. The highest BCUT2D eigenvalue weighted by Crippen LogP contribution is 2.09. The molecule has 0 aromatic carbocycles. The van der Waals surface area contributed by atoms with Gasteiger partial charge < -0.3 is 9.31 Å². The van der Waals surface area contributed by atoms with Crippen LogP contribution in [0.4, 0.5) is 0 Å². The molecular weight excluding hydrogens is 211 g/mol. The van der Waals surface area contributed by atoms with Gasteiger partial charge in [-0.2, -0.15) is 0 Å². The van der Waals surface area contributed by atoms with Crippen molar-refractivity contribution in [3.63, 3.8) is 0 Å². The summed E-state index contributed by atoms with van der Waals surface area (Å²) in [6.45, 7) is 8.32. The second-order valence-corrected chi connectivity index (χ2v) is 4.73. The van der Waals surface area contributed by atoms with E-state index in [2.05, 4.69) is 20.8 Å². The first-order valence-electron chi connectivity index (χ1n) is 7.58. The fraction of sp³-hybridized carbons (Fsp3) is 1.00. The number of rotatable bonds is 13. The van der Waals surface area contributed by atoms with E-state index in [1.54, 1.807) is 0 Å². The van der Waals surface area contributed by atoms with Gasteiger partial charge in [0.25, 0.3) is 0 Å². The summed E-state index contributed by atoms with van der Waals surface area (Å²) in [5.41, 5.74) is 0.